The molecule has 134 valence electrons. The normalized spacial score (nSPS) is 10.4. The second kappa shape index (κ2) is 8.01. The van der Waals surface area contributed by atoms with Crippen molar-refractivity contribution in [2.45, 2.75) is 13.8 Å². The molecule has 1 amide bonds. The van der Waals surface area contributed by atoms with Crippen molar-refractivity contribution in [2.75, 3.05) is 19.0 Å². The molecule has 0 atom stereocenters. The molecule has 0 fully saturated rings. The third-order valence-corrected chi connectivity index (χ3v) is 4.53. The average Bonchev–Trinajstić information content (AvgIpc) is 3.09. The van der Waals surface area contributed by atoms with E-state index in [1.54, 1.807) is 36.6 Å². The van der Waals surface area contributed by atoms with Gasteiger partial charge < -0.3 is 14.8 Å². The highest BCUT2D eigenvalue weighted by Crippen LogP contribution is 2.29. The minimum absolute atomic E-state index is 0.210. The molecule has 0 spiro atoms. The van der Waals surface area contributed by atoms with Crippen LogP contribution in [0.4, 0.5) is 5.69 Å². The molecular formula is C20H20N2O3S. The molecule has 0 aliphatic heterocycles. The third-order valence-electron chi connectivity index (χ3n) is 3.76. The molecule has 0 saturated carbocycles. The van der Waals surface area contributed by atoms with Gasteiger partial charge in [0.2, 0.25) is 0 Å². The molecule has 5 nitrogen and oxygen atoms in total. The Morgan fingerprint density at radius 1 is 1.19 bits per heavy atom. The molecule has 0 saturated heterocycles. The van der Waals surface area contributed by atoms with Gasteiger partial charge in [-0.1, -0.05) is 12.1 Å². The lowest BCUT2D eigenvalue weighted by Gasteiger charge is -2.11. The number of carbonyl (C=O) groups excluding carboxylic acids is 1. The van der Waals surface area contributed by atoms with E-state index in [0.717, 1.165) is 16.3 Å². The molecule has 0 radical (unpaired) electrons. The first-order valence-electron chi connectivity index (χ1n) is 8.25. The fourth-order valence-corrected chi connectivity index (χ4v) is 3.16. The van der Waals surface area contributed by atoms with Crippen LogP contribution in [-0.4, -0.2) is 24.6 Å². The van der Waals surface area contributed by atoms with Crippen molar-refractivity contribution >= 4 is 22.9 Å². The molecule has 1 aromatic heterocycles. The number of benzene rings is 2. The Balaban J connectivity index is 1.80. The van der Waals surface area contributed by atoms with Crippen LogP contribution in [0.2, 0.25) is 0 Å². The van der Waals surface area contributed by atoms with E-state index >= 15 is 0 Å². The predicted molar refractivity (Wildman–Crippen MR) is 104 cm³/mol. The Labute approximate surface area is 156 Å². The molecule has 0 bridgehead atoms. The zero-order chi connectivity index (χ0) is 18.5. The van der Waals surface area contributed by atoms with Gasteiger partial charge in [-0.15, -0.1) is 11.3 Å². The summed E-state index contributed by atoms with van der Waals surface area (Å²) >= 11 is 1.60. The number of aromatic nitrogens is 1. The fraction of sp³-hybridized carbons (Fsp3) is 0.200. The molecule has 0 unspecified atom stereocenters. The highest BCUT2D eigenvalue weighted by atomic mass is 32.1. The maximum Gasteiger partial charge on any atom is 0.255 e. The van der Waals surface area contributed by atoms with Crippen molar-refractivity contribution in [2.24, 2.45) is 0 Å². The van der Waals surface area contributed by atoms with Crippen LogP contribution in [0.5, 0.6) is 11.5 Å². The first-order chi connectivity index (χ1) is 12.6. The number of aryl methyl sites for hydroxylation is 1. The topological polar surface area (TPSA) is 60.5 Å². The summed E-state index contributed by atoms with van der Waals surface area (Å²) < 4.78 is 10.8. The van der Waals surface area contributed by atoms with E-state index in [-0.39, 0.29) is 5.91 Å². The third kappa shape index (κ3) is 4.03. The minimum atomic E-state index is -0.210. The smallest absolute Gasteiger partial charge is 0.255 e. The van der Waals surface area contributed by atoms with Gasteiger partial charge in [0.25, 0.3) is 5.91 Å². The molecule has 1 heterocycles. The van der Waals surface area contributed by atoms with E-state index < -0.39 is 0 Å². The number of rotatable bonds is 6. The van der Waals surface area contributed by atoms with Crippen LogP contribution in [-0.2, 0) is 0 Å². The number of ether oxygens (including phenoxy) is 2. The van der Waals surface area contributed by atoms with Gasteiger partial charge in [0.15, 0.2) is 11.5 Å². The zero-order valence-corrected chi connectivity index (χ0v) is 15.7. The van der Waals surface area contributed by atoms with Gasteiger partial charge in [-0.3, -0.25) is 4.79 Å². The molecule has 6 heteroatoms. The highest BCUT2D eigenvalue weighted by molar-refractivity contribution is 7.09. The van der Waals surface area contributed by atoms with Crippen molar-refractivity contribution in [3.8, 4) is 22.8 Å². The summed E-state index contributed by atoms with van der Waals surface area (Å²) in [6.07, 6.45) is 0. The second-order valence-corrected chi connectivity index (χ2v) is 6.65. The average molecular weight is 368 g/mol. The minimum Gasteiger partial charge on any atom is -0.493 e. The number of carbonyl (C=O) groups is 1. The molecular weight excluding hydrogens is 348 g/mol. The maximum atomic E-state index is 12.6. The Hall–Kier alpha value is -2.86. The Kier molecular flexibility index (Phi) is 5.53. The van der Waals surface area contributed by atoms with Crippen molar-refractivity contribution in [1.29, 1.82) is 0 Å². The lowest BCUT2D eigenvalue weighted by Crippen LogP contribution is -2.12. The summed E-state index contributed by atoms with van der Waals surface area (Å²) in [6, 6.07) is 12.8. The molecule has 3 aromatic rings. The molecule has 26 heavy (non-hydrogen) atoms. The molecule has 0 aliphatic carbocycles. The van der Waals surface area contributed by atoms with Gasteiger partial charge in [-0.2, -0.15) is 0 Å². The fourth-order valence-electron chi connectivity index (χ4n) is 2.54. The predicted octanol–water partition coefficient (Wildman–Crippen LogP) is 4.78. The van der Waals surface area contributed by atoms with Gasteiger partial charge in [0, 0.05) is 22.2 Å². The molecule has 3 rings (SSSR count). The Morgan fingerprint density at radius 3 is 2.73 bits per heavy atom. The molecule has 2 aromatic carbocycles. The van der Waals surface area contributed by atoms with Crippen LogP contribution in [0.25, 0.3) is 11.3 Å². The number of hydrogen-bond donors (Lipinski definition) is 1. The Morgan fingerprint density at radius 2 is 2.04 bits per heavy atom. The van der Waals surface area contributed by atoms with Crippen molar-refractivity contribution in [3.05, 3.63) is 58.4 Å². The van der Waals surface area contributed by atoms with Crippen molar-refractivity contribution in [1.82, 2.24) is 4.98 Å². The number of nitrogens with one attached hydrogen (secondary N) is 1. The van der Waals surface area contributed by atoms with Gasteiger partial charge >= 0.3 is 0 Å². The standard InChI is InChI=1S/C20H20N2O3S/c1-4-25-18-9-8-15(11-19(18)24-3)20(23)22-16-7-5-6-14(10-16)17-12-26-13(2)21-17/h5-12H,4H2,1-3H3,(H,22,23). The van der Waals surface area contributed by atoms with Crippen LogP contribution >= 0.6 is 11.3 Å². The SMILES string of the molecule is CCOc1ccc(C(=O)Nc2cccc(-c3csc(C)n3)c2)cc1OC. The van der Waals surface area contributed by atoms with E-state index in [9.17, 15) is 4.79 Å². The van der Waals surface area contributed by atoms with Gasteiger partial charge in [-0.05, 0) is 44.2 Å². The van der Waals surface area contributed by atoms with Crippen LogP contribution < -0.4 is 14.8 Å². The van der Waals surface area contributed by atoms with E-state index in [4.69, 9.17) is 9.47 Å². The van der Waals surface area contributed by atoms with E-state index in [1.807, 2.05) is 43.5 Å². The number of anilines is 1. The summed E-state index contributed by atoms with van der Waals surface area (Å²) in [4.78, 5) is 17.1. The van der Waals surface area contributed by atoms with Crippen LogP contribution in [0.1, 0.15) is 22.3 Å². The summed E-state index contributed by atoms with van der Waals surface area (Å²) in [5.74, 6) is 0.941. The second-order valence-electron chi connectivity index (χ2n) is 5.59. The van der Waals surface area contributed by atoms with E-state index in [0.29, 0.717) is 29.4 Å². The van der Waals surface area contributed by atoms with Gasteiger partial charge in [0.05, 0.1) is 24.4 Å². The number of hydrogen-bond acceptors (Lipinski definition) is 5. The maximum absolute atomic E-state index is 12.6. The first-order valence-corrected chi connectivity index (χ1v) is 9.13. The van der Waals surface area contributed by atoms with Crippen LogP contribution in [0.3, 0.4) is 0 Å². The first kappa shape index (κ1) is 17.9. The zero-order valence-electron chi connectivity index (χ0n) is 14.9. The lowest BCUT2D eigenvalue weighted by molar-refractivity contribution is 0.102. The van der Waals surface area contributed by atoms with Crippen LogP contribution in [0, 0.1) is 6.92 Å². The summed E-state index contributed by atoms with van der Waals surface area (Å²) in [6.45, 7) is 4.40. The summed E-state index contributed by atoms with van der Waals surface area (Å²) in [5, 5.41) is 5.94. The summed E-state index contributed by atoms with van der Waals surface area (Å²) in [7, 11) is 1.55. The molecule has 0 aliphatic rings. The van der Waals surface area contributed by atoms with E-state index in [2.05, 4.69) is 10.3 Å². The van der Waals surface area contributed by atoms with Crippen molar-refractivity contribution < 1.29 is 14.3 Å². The monoisotopic (exact) mass is 368 g/mol. The lowest BCUT2D eigenvalue weighted by atomic mass is 10.1. The Bertz CT molecular complexity index is 921. The van der Waals surface area contributed by atoms with Crippen molar-refractivity contribution in [3.63, 3.8) is 0 Å². The molecule has 1 N–H and O–H groups in total. The number of thiazole rings is 1. The van der Waals surface area contributed by atoms with Crippen LogP contribution in [0.15, 0.2) is 47.8 Å². The van der Waals surface area contributed by atoms with E-state index in [1.165, 1.54) is 0 Å². The quantitative estimate of drug-likeness (QED) is 0.680. The summed E-state index contributed by atoms with van der Waals surface area (Å²) in [5.41, 5.74) is 3.09. The largest absolute Gasteiger partial charge is 0.493 e. The highest BCUT2D eigenvalue weighted by Gasteiger charge is 2.12. The number of nitrogens with zero attached hydrogens (tertiary/aromatic N) is 1. The van der Waals surface area contributed by atoms with Gasteiger partial charge in [-0.25, -0.2) is 4.98 Å². The number of amides is 1. The number of methoxy groups -OCH3 is 1. The van der Waals surface area contributed by atoms with Gasteiger partial charge in [0.1, 0.15) is 0 Å².